The zero-order valence-corrected chi connectivity index (χ0v) is 13.8. The zero-order chi connectivity index (χ0) is 16.2. The molecule has 0 saturated heterocycles. The van der Waals surface area contributed by atoms with Crippen LogP contribution >= 0.6 is 11.8 Å². The number of aryl methyl sites for hydroxylation is 1. The summed E-state index contributed by atoms with van der Waals surface area (Å²) in [7, 11) is 1.34. The topological polar surface area (TPSA) is 76.2 Å². The first-order chi connectivity index (χ1) is 9.79. The van der Waals surface area contributed by atoms with E-state index in [4.69, 9.17) is 0 Å². The summed E-state index contributed by atoms with van der Waals surface area (Å²) in [6.45, 7) is 6.86. The molecule has 116 valence electrons. The van der Waals surface area contributed by atoms with Crippen molar-refractivity contribution in [1.82, 2.24) is 4.98 Å². The van der Waals surface area contributed by atoms with Crippen LogP contribution in [0.1, 0.15) is 52.4 Å². The highest BCUT2D eigenvalue weighted by atomic mass is 32.2. The van der Waals surface area contributed by atoms with Crippen molar-refractivity contribution in [3.63, 3.8) is 0 Å². The number of carbonyl (C=O) groups is 3. The van der Waals surface area contributed by atoms with Crippen LogP contribution in [-0.2, 0) is 9.53 Å². The molecule has 1 unspecified atom stereocenters. The van der Waals surface area contributed by atoms with Crippen molar-refractivity contribution in [2.45, 2.75) is 39.4 Å². The van der Waals surface area contributed by atoms with Gasteiger partial charge in [-0.2, -0.15) is 0 Å². The molecule has 0 aliphatic heterocycles. The van der Waals surface area contributed by atoms with E-state index >= 15 is 0 Å². The SMILES string of the molecule is COC(=O)CCSC(C)C(=O)c1[nH]c(C)c(C(C)=O)c1C. The number of ether oxygens (including phenoxy) is 1. The number of aromatic nitrogens is 1. The van der Waals surface area contributed by atoms with Gasteiger partial charge in [-0.1, -0.05) is 0 Å². The molecule has 0 amide bonds. The largest absolute Gasteiger partial charge is 0.469 e. The van der Waals surface area contributed by atoms with Crippen LogP contribution in [0.25, 0.3) is 0 Å². The van der Waals surface area contributed by atoms with E-state index in [9.17, 15) is 14.4 Å². The Bertz CT molecular complexity index is 562. The molecule has 1 heterocycles. The highest BCUT2D eigenvalue weighted by molar-refractivity contribution is 8.00. The highest BCUT2D eigenvalue weighted by Crippen LogP contribution is 2.23. The molecule has 1 aromatic rings. The molecule has 0 radical (unpaired) electrons. The van der Waals surface area contributed by atoms with Gasteiger partial charge in [0.2, 0.25) is 0 Å². The number of rotatable bonds is 7. The third-order valence-electron chi connectivity index (χ3n) is 3.31. The van der Waals surface area contributed by atoms with Crippen LogP contribution < -0.4 is 0 Å². The van der Waals surface area contributed by atoms with Gasteiger partial charge in [0.25, 0.3) is 0 Å². The van der Waals surface area contributed by atoms with Gasteiger partial charge in [-0.3, -0.25) is 14.4 Å². The summed E-state index contributed by atoms with van der Waals surface area (Å²) >= 11 is 1.40. The van der Waals surface area contributed by atoms with Crippen molar-refractivity contribution >= 4 is 29.3 Å². The van der Waals surface area contributed by atoms with Crippen molar-refractivity contribution in [3.8, 4) is 0 Å². The average molecular weight is 311 g/mol. The zero-order valence-electron chi connectivity index (χ0n) is 13.0. The highest BCUT2D eigenvalue weighted by Gasteiger charge is 2.23. The summed E-state index contributed by atoms with van der Waals surface area (Å²) in [6, 6.07) is 0. The molecular weight excluding hydrogens is 290 g/mol. The standard InChI is InChI=1S/C15H21NO4S/c1-8-13(10(3)17)9(2)16-14(8)15(19)11(4)21-7-6-12(18)20-5/h11,16H,6-7H2,1-5H3. The molecule has 6 heteroatoms. The van der Waals surface area contributed by atoms with Crippen LogP contribution in [0.15, 0.2) is 0 Å². The van der Waals surface area contributed by atoms with E-state index in [1.54, 1.807) is 20.8 Å². The van der Waals surface area contributed by atoms with Crippen molar-refractivity contribution in [1.29, 1.82) is 0 Å². The molecule has 1 atom stereocenters. The van der Waals surface area contributed by atoms with Crippen LogP contribution in [0.4, 0.5) is 0 Å². The number of ketones is 2. The molecule has 0 aromatic carbocycles. The number of nitrogens with one attached hydrogen (secondary N) is 1. The fraction of sp³-hybridized carbons (Fsp3) is 0.533. The molecular formula is C15H21NO4S. The number of H-pyrrole nitrogens is 1. The monoisotopic (exact) mass is 311 g/mol. The average Bonchev–Trinajstić information content (AvgIpc) is 2.72. The molecule has 0 aliphatic rings. The molecule has 0 fully saturated rings. The van der Waals surface area contributed by atoms with Gasteiger partial charge in [-0.25, -0.2) is 0 Å². The summed E-state index contributed by atoms with van der Waals surface area (Å²) in [5.74, 6) is 0.134. The van der Waals surface area contributed by atoms with Gasteiger partial charge in [-0.15, -0.1) is 11.8 Å². The van der Waals surface area contributed by atoms with Gasteiger partial charge in [0.05, 0.1) is 24.5 Å². The Hall–Kier alpha value is -1.56. The molecule has 0 bridgehead atoms. The van der Waals surface area contributed by atoms with Crippen molar-refractivity contribution in [3.05, 3.63) is 22.5 Å². The maximum Gasteiger partial charge on any atom is 0.306 e. The lowest BCUT2D eigenvalue weighted by Gasteiger charge is -2.09. The number of methoxy groups -OCH3 is 1. The van der Waals surface area contributed by atoms with E-state index in [0.717, 1.165) is 5.69 Å². The fourth-order valence-electron chi connectivity index (χ4n) is 2.22. The third-order valence-corrected chi connectivity index (χ3v) is 4.46. The molecule has 21 heavy (non-hydrogen) atoms. The van der Waals surface area contributed by atoms with E-state index < -0.39 is 0 Å². The summed E-state index contributed by atoms with van der Waals surface area (Å²) in [6.07, 6.45) is 0.278. The smallest absolute Gasteiger partial charge is 0.306 e. The van der Waals surface area contributed by atoms with E-state index in [2.05, 4.69) is 9.72 Å². The van der Waals surface area contributed by atoms with Crippen LogP contribution in [0.3, 0.4) is 0 Å². The number of hydrogen-bond acceptors (Lipinski definition) is 5. The lowest BCUT2D eigenvalue weighted by atomic mass is 10.0. The predicted octanol–water partition coefficient (Wildman–Crippen LogP) is 2.70. The molecule has 1 aromatic heterocycles. The normalized spacial score (nSPS) is 12.0. The molecule has 1 N–H and O–H groups in total. The van der Waals surface area contributed by atoms with Crippen LogP contribution in [-0.4, -0.2) is 40.6 Å². The van der Waals surface area contributed by atoms with Crippen LogP contribution in [0.2, 0.25) is 0 Å². The summed E-state index contributed by atoms with van der Waals surface area (Å²) in [4.78, 5) is 38.1. The van der Waals surface area contributed by atoms with Gasteiger partial charge in [0.15, 0.2) is 11.6 Å². The van der Waals surface area contributed by atoms with Crippen LogP contribution in [0.5, 0.6) is 0 Å². The number of thioether (sulfide) groups is 1. The van der Waals surface area contributed by atoms with E-state index in [1.165, 1.54) is 25.8 Å². The first-order valence-electron chi connectivity index (χ1n) is 6.72. The second-order valence-electron chi connectivity index (χ2n) is 4.88. The number of esters is 1. The van der Waals surface area contributed by atoms with E-state index in [0.29, 0.717) is 22.6 Å². The maximum atomic E-state index is 12.4. The lowest BCUT2D eigenvalue weighted by Crippen LogP contribution is -2.16. The Balaban J connectivity index is 2.77. The second-order valence-corrected chi connectivity index (χ2v) is 6.33. The molecule has 0 saturated carbocycles. The van der Waals surface area contributed by atoms with Crippen molar-refractivity contribution in [2.24, 2.45) is 0 Å². The number of carbonyl (C=O) groups excluding carboxylic acids is 3. The first kappa shape index (κ1) is 17.5. The number of Topliss-reactive ketones (excluding diaryl/α,β-unsaturated/α-hetero) is 2. The molecule has 0 spiro atoms. The summed E-state index contributed by atoms with van der Waals surface area (Å²) in [5.41, 5.74) is 2.49. The van der Waals surface area contributed by atoms with Crippen molar-refractivity contribution < 1.29 is 19.1 Å². The molecule has 5 nitrogen and oxygen atoms in total. The van der Waals surface area contributed by atoms with E-state index in [-0.39, 0.29) is 29.2 Å². The van der Waals surface area contributed by atoms with Crippen molar-refractivity contribution in [2.75, 3.05) is 12.9 Å². The van der Waals surface area contributed by atoms with Gasteiger partial charge < -0.3 is 9.72 Å². The minimum atomic E-state index is -0.286. The number of aromatic amines is 1. The van der Waals surface area contributed by atoms with Gasteiger partial charge in [0.1, 0.15) is 0 Å². The number of hydrogen-bond donors (Lipinski definition) is 1. The quantitative estimate of drug-likeness (QED) is 0.619. The Labute approximate surface area is 128 Å². The first-order valence-corrected chi connectivity index (χ1v) is 7.77. The molecule has 0 aliphatic carbocycles. The maximum absolute atomic E-state index is 12.4. The minimum absolute atomic E-state index is 0.0497. The predicted molar refractivity (Wildman–Crippen MR) is 83.2 cm³/mol. The van der Waals surface area contributed by atoms with Gasteiger partial charge >= 0.3 is 5.97 Å². The fourth-order valence-corrected chi connectivity index (χ4v) is 3.13. The van der Waals surface area contributed by atoms with E-state index in [1.807, 2.05) is 0 Å². The second kappa shape index (κ2) is 7.45. The summed E-state index contributed by atoms with van der Waals surface area (Å²) < 4.78 is 4.56. The van der Waals surface area contributed by atoms with Gasteiger partial charge in [0, 0.05) is 17.0 Å². The minimum Gasteiger partial charge on any atom is -0.469 e. The third kappa shape index (κ3) is 4.20. The Kier molecular flexibility index (Phi) is 6.20. The Morgan fingerprint density at radius 2 is 1.90 bits per heavy atom. The Morgan fingerprint density at radius 1 is 1.29 bits per heavy atom. The Morgan fingerprint density at radius 3 is 2.38 bits per heavy atom. The summed E-state index contributed by atoms with van der Waals surface area (Å²) in [5, 5.41) is -0.286. The lowest BCUT2D eigenvalue weighted by molar-refractivity contribution is -0.140. The van der Waals surface area contributed by atoms with Gasteiger partial charge in [-0.05, 0) is 33.3 Å². The molecule has 1 rings (SSSR count). The van der Waals surface area contributed by atoms with Crippen LogP contribution in [0, 0.1) is 13.8 Å².